The molecule has 0 aromatic rings. The molecular formula is C31H55N. The monoisotopic (exact) mass is 441 g/mol. The third-order valence-electron chi connectivity index (χ3n) is 11.2. The normalized spacial score (nSPS) is 41.8. The first-order valence-corrected chi connectivity index (χ1v) is 14.8. The molecule has 0 aromatic heterocycles. The molecule has 7 atom stereocenters. The van der Waals surface area contributed by atoms with E-state index < -0.39 is 0 Å². The molecule has 0 radical (unpaired) electrons. The Bertz CT molecular complexity index is 623. The molecule has 184 valence electrons. The average Bonchev–Trinajstić information content (AvgIpc) is 3.44. The standard InChI is InChI=1S/C27H46.C4H9N/c1-19(2)9-8-10-20(3)23-14-15-24-22-13-12-21-11-6-7-17-26(21,4)25(22)16-18-27(23,24)5;1-2-4-5-3-1/h12,19-20,22-25H,6-11,13-18H2,1-5H3;5H,1-4H2. The van der Waals surface area contributed by atoms with Crippen LogP contribution in [-0.4, -0.2) is 13.1 Å². The fourth-order valence-corrected chi connectivity index (χ4v) is 9.35. The van der Waals surface area contributed by atoms with Gasteiger partial charge < -0.3 is 5.32 Å². The first kappa shape index (κ1) is 24.8. The van der Waals surface area contributed by atoms with Gasteiger partial charge in [-0.25, -0.2) is 0 Å². The summed E-state index contributed by atoms with van der Waals surface area (Å²) in [5.74, 6) is 5.84. The van der Waals surface area contributed by atoms with Gasteiger partial charge in [0.1, 0.15) is 0 Å². The highest BCUT2D eigenvalue weighted by atomic mass is 14.9. The van der Waals surface area contributed by atoms with Crippen molar-refractivity contribution in [1.29, 1.82) is 0 Å². The second kappa shape index (κ2) is 10.5. The van der Waals surface area contributed by atoms with E-state index in [4.69, 9.17) is 0 Å². The third kappa shape index (κ3) is 4.89. The highest BCUT2D eigenvalue weighted by Crippen LogP contribution is 2.67. The Morgan fingerprint density at radius 2 is 1.69 bits per heavy atom. The van der Waals surface area contributed by atoms with E-state index >= 15 is 0 Å². The van der Waals surface area contributed by atoms with E-state index in [1.165, 1.54) is 103 Å². The Labute approximate surface area is 201 Å². The molecule has 5 aliphatic rings. The molecule has 1 heteroatoms. The number of hydrogen-bond donors (Lipinski definition) is 1. The average molecular weight is 442 g/mol. The van der Waals surface area contributed by atoms with Crippen LogP contribution < -0.4 is 5.32 Å². The maximum Gasteiger partial charge on any atom is -0.00484 e. The number of allylic oxidation sites excluding steroid dienone is 2. The molecule has 1 saturated heterocycles. The molecule has 4 fully saturated rings. The summed E-state index contributed by atoms with van der Waals surface area (Å²) < 4.78 is 0. The SMILES string of the molecule is C1CCNC1.CC(C)CCCC(C)C1CCC2C3CC=C4CCCCC4(C)C3CCC12C. The zero-order chi connectivity index (χ0) is 22.8. The van der Waals surface area contributed by atoms with Crippen molar-refractivity contribution in [3.8, 4) is 0 Å². The van der Waals surface area contributed by atoms with Crippen LogP contribution in [0.1, 0.15) is 125 Å². The predicted octanol–water partition coefficient (Wildman–Crippen LogP) is 8.79. The Morgan fingerprint density at radius 1 is 0.906 bits per heavy atom. The number of nitrogens with one attached hydrogen (secondary N) is 1. The highest BCUT2D eigenvalue weighted by Gasteiger charge is 2.58. The Hall–Kier alpha value is -0.300. The van der Waals surface area contributed by atoms with E-state index in [2.05, 4.69) is 46.0 Å². The molecule has 1 aliphatic heterocycles. The van der Waals surface area contributed by atoms with Crippen molar-refractivity contribution in [3.05, 3.63) is 11.6 Å². The molecule has 32 heavy (non-hydrogen) atoms. The first-order valence-electron chi connectivity index (χ1n) is 14.8. The van der Waals surface area contributed by atoms with Gasteiger partial charge in [0, 0.05) is 0 Å². The third-order valence-corrected chi connectivity index (χ3v) is 11.2. The smallest absolute Gasteiger partial charge is 0.00484 e. The quantitative estimate of drug-likeness (QED) is 0.420. The molecule has 1 nitrogen and oxygen atoms in total. The molecule has 0 bridgehead atoms. The molecule has 0 spiro atoms. The summed E-state index contributed by atoms with van der Waals surface area (Å²) in [6.45, 7) is 15.3. The van der Waals surface area contributed by atoms with Crippen molar-refractivity contribution in [3.63, 3.8) is 0 Å². The van der Waals surface area contributed by atoms with Crippen LogP contribution in [0.15, 0.2) is 11.6 Å². The van der Waals surface area contributed by atoms with Crippen molar-refractivity contribution in [1.82, 2.24) is 5.32 Å². The Kier molecular flexibility index (Phi) is 8.17. The van der Waals surface area contributed by atoms with Gasteiger partial charge in [-0.05, 0) is 124 Å². The zero-order valence-electron chi connectivity index (χ0n) is 22.4. The van der Waals surface area contributed by atoms with E-state index in [0.717, 1.165) is 35.5 Å². The predicted molar refractivity (Wildman–Crippen MR) is 140 cm³/mol. The molecule has 5 rings (SSSR count). The van der Waals surface area contributed by atoms with E-state index in [-0.39, 0.29) is 0 Å². The van der Waals surface area contributed by atoms with Gasteiger partial charge in [0.2, 0.25) is 0 Å². The van der Waals surface area contributed by atoms with Crippen LogP contribution in [0.4, 0.5) is 0 Å². The summed E-state index contributed by atoms with van der Waals surface area (Å²) >= 11 is 0. The van der Waals surface area contributed by atoms with Gasteiger partial charge in [-0.2, -0.15) is 0 Å². The number of rotatable bonds is 5. The number of fused-ring (bicyclic) bond motifs is 5. The Morgan fingerprint density at radius 3 is 2.38 bits per heavy atom. The van der Waals surface area contributed by atoms with Crippen molar-refractivity contribution in [2.45, 2.75) is 125 Å². The van der Waals surface area contributed by atoms with Crippen LogP contribution in [0.5, 0.6) is 0 Å². The van der Waals surface area contributed by atoms with Gasteiger partial charge in [0.15, 0.2) is 0 Å². The molecule has 4 aliphatic carbocycles. The molecule has 0 aromatic carbocycles. The van der Waals surface area contributed by atoms with E-state index in [9.17, 15) is 0 Å². The lowest BCUT2D eigenvalue weighted by molar-refractivity contribution is -0.0500. The summed E-state index contributed by atoms with van der Waals surface area (Å²) in [6, 6.07) is 0. The minimum absolute atomic E-state index is 0.573. The van der Waals surface area contributed by atoms with Crippen molar-refractivity contribution in [2.75, 3.05) is 13.1 Å². The van der Waals surface area contributed by atoms with Crippen LogP contribution in [0.3, 0.4) is 0 Å². The Balaban J connectivity index is 0.000000433. The van der Waals surface area contributed by atoms with Gasteiger partial charge in [0.25, 0.3) is 0 Å². The lowest BCUT2D eigenvalue weighted by Gasteiger charge is -2.58. The van der Waals surface area contributed by atoms with Gasteiger partial charge in [0.05, 0.1) is 0 Å². The molecule has 3 saturated carbocycles. The minimum Gasteiger partial charge on any atom is -0.317 e. The second-order valence-electron chi connectivity index (χ2n) is 13.5. The second-order valence-corrected chi connectivity index (χ2v) is 13.5. The lowest BCUT2D eigenvalue weighted by Crippen LogP contribution is -2.50. The fourth-order valence-electron chi connectivity index (χ4n) is 9.35. The maximum absolute atomic E-state index is 3.22. The summed E-state index contributed by atoms with van der Waals surface area (Å²) in [5, 5.41) is 3.22. The van der Waals surface area contributed by atoms with Crippen LogP contribution in [0.25, 0.3) is 0 Å². The van der Waals surface area contributed by atoms with E-state index in [0.29, 0.717) is 10.8 Å². The number of hydrogen-bond acceptors (Lipinski definition) is 1. The molecular weight excluding hydrogens is 386 g/mol. The van der Waals surface area contributed by atoms with Gasteiger partial charge in [-0.3, -0.25) is 0 Å². The van der Waals surface area contributed by atoms with Gasteiger partial charge in [-0.1, -0.05) is 72.0 Å². The molecule has 7 unspecified atom stereocenters. The summed E-state index contributed by atoms with van der Waals surface area (Å²) in [5.41, 5.74) is 3.09. The summed E-state index contributed by atoms with van der Waals surface area (Å²) in [7, 11) is 0. The van der Waals surface area contributed by atoms with Crippen LogP contribution >= 0.6 is 0 Å². The molecule has 0 amide bonds. The largest absolute Gasteiger partial charge is 0.317 e. The maximum atomic E-state index is 3.22. The fraction of sp³-hybridized carbons (Fsp3) is 0.935. The van der Waals surface area contributed by atoms with E-state index in [1.54, 1.807) is 0 Å². The van der Waals surface area contributed by atoms with Crippen LogP contribution in [-0.2, 0) is 0 Å². The van der Waals surface area contributed by atoms with Crippen LogP contribution in [0, 0.1) is 46.3 Å². The summed E-state index contributed by atoms with van der Waals surface area (Å²) in [6.07, 6.45) is 23.2. The highest BCUT2D eigenvalue weighted by molar-refractivity contribution is 5.24. The van der Waals surface area contributed by atoms with E-state index in [1.807, 2.05) is 5.57 Å². The van der Waals surface area contributed by atoms with Crippen molar-refractivity contribution >= 4 is 0 Å². The van der Waals surface area contributed by atoms with Crippen molar-refractivity contribution < 1.29 is 0 Å². The molecule has 1 N–H and O–H groups in total. The molecule has 1 heterocycles. The first-order chi connectivity index (χ1) is 15.4. The van der Waals surface area contributed by atoms with Gasteiger partial charge >= 0.3 is 0 Å². The summed E-state index contributed by atoms with van der Waals surface area (Å²) in [4.78, 5) is 0. The van der Waals surface area contributed by atoms with Crippen LogP contribution in [0.2, 0.25) is 0 Å². The zero-order valence-corrected chi connectivity index (χ0v) is 22.4. The van der Waals surface area contributed by atoms with Gasteiger partial charge in [-0.15, -0.1) is 0 Å². The topological polar surface area (TPSA) is 12.0 Å². The van der Waals surface area contributed by atoms with Crippen molar-refractivity contribution in [2.24, 2.45) is 46.3 Å². The minimum atomic E-state index is 0.573. The lowest BCUT2D eigenvalue weighted by atomic mass is 9.47.